The number of hydrazine groups is 1. The highest BCUT2D eigenvalue weighted by Crippen LogP contribution is 2.67. The van der Waals surface area contributed by atoms with Gasteiger partial charge in [-0.05, 0) is 68.1 Å². The highest BCUT2D eigenvalue weighted by atomic mass is 16.6. The molecule has 7 atom stereocenters. The lowest BCUT2D eigenvalue weighted by Gasteiger charge is -2.40. The molecule has 0 aromatic rings. The topological polar surface area (TPSA) is 105 Å². The summed E-state index contributed by atoms with van der Waals surface area (Å²) in [6, 6.07) is -1.29. The summed E-state index contributed by atoms with van der Waals surface area (Å²) in [4.78, 5) is 37.6. The Morgan fingerprint density at radius 2 is 1.33 bits per heavy atom. The van der Waals surface area contributed by atoms with E-state index in [-0.39, 0.29) is 33.9 Å². The first-order valence-corrected chi connectivity index (χ1v) is 12.3. The molecule has 0 spiro atoms. The number of fused-ring (bicyclic) bond motifs is 4. The van der Waals surface area contributed by atoms with Crippen molar-refractivity contribution in [1.29, 1.82) is 0 Å². The molecule has 186 valence electrons. The van der Waals surface area contributed by atoms with Crippen molar-refractivity contribution in [3.8, 4) is 0 Å². The lowest BCUT2D eigenvalue weighted by molar-refractivity contribution is -0.143. The minimum atomic E-state index is -1.29. The molecular formula is C25H40N2O6. The number of aliphatic carboxylic acids is 1. The fraction of sp³-hybridized carbons (Fsp3) is 0.880. The van der Waals surface area contributed by atoms with Crippen LogP contribution in [0.25, 0.3) is 0 Å². The van der Waals surface area contributed by atoms with E-state index in [1.807, 2.05) is 0 Å². The van der Waals surface area contributed by atoms with Crippen molar-refractivity contribution in [3.05, 3.63) is 0 Å². The third kappa shape index (κ3) is 3.34. The van der Waals surface area contributed by atoms with Gasteiger partial charge in [0.15, 0.2) is 6.04 Å². The van der Waals surface area contributed by atoms with Crippen LogP contribution in [0.15, 0.2) is 0 Å². The normalized spacial score (nSPS) is 40.3. The number of hydrogen-bond acceptors (Lipinski definition) is 5. The Hall–Kier alpha value is -1.99. The van der Waals surface area contributed by atoms with E-state index in [0.29, 0.717) is 11.8 Å². The predicted molar refractivity (Wildman–Crippen MR) is 121 cm³/mol. The second-order valence-corrected chi connectivity index (χ2v) is 12.5. The van der Waals surface area contributed by atoms with Crippen molar-refractivity contribution < 1.29 is 29.0 Å². The molecule has 8 heteroatoms. The lowest BCUT2D eigenvalue weighted by Crippen LogP contribution is -2.56. The Bertz CT molecular complexity index is 856. The van der Waals surface area contributed by atoms with Gasteiger partial charge >= 0.3 is 18.2 Å². The average Bonchev–Trinajstić information content (AvgIpc) is 3.23. The van der Waals surface area contributed by atoms with Crippen LogP contribution in [0.1, 0.15) is 87.0 Å². The van der Waals surface area contributed by atoms with Crippen LogP contribution < -0.4 is 5.43 Å². The number of rotatable bonds is 4. The number of carbonyl (C=O) groups excluding carboxylic acids is 2. The molecule has 0 saturated heterocycles. The number of hydrogen-bond donors (Lipinski definition) is 2. The van der Waals surface area contributed by atoms with Crippen molar-refractivity contribution in [2.75, 3.05) is 0 Å². The molecular weight excluding hydrogens is 424 g/mol. The molecule has 2 N–H and O–H groups in total. The van der Waals surface area contributed by atoms with Gasteiger partial charge in [0, 0.05) is 10.8 Å². The number of nitrogens with one attached hydrogen (secondary N) is 1. The number of amides is 2. The van der Waals surface area contributed by atoms with Crippen LogP contribution in [-0.4, -0.2) is 46.5 Å². The summed E-state index contributed by atoms with van der Waals surface area (Å²) in [6.07, 6.45) is 3.47. The van der Waals surface area contributed by atoms with Crippen LogP contribution in [0, 0.1) is 33.5 Å². The summed E-state index contributed by atoms with van der Waals surface area (Å²) in [5.74, 6) is -0.286. The molecule has 4 aliphatic rings. The van der Waals surface area contributed by atoms with E-state index < -0.39 is 24.2 Å². The zero-order valence-corrected chi connectivity index (χ0v) is 21.1. The Kier molecular flexibility index (Phi) is 5.49. The monoisotopic (exact) mass is 464 g/mol. The Labute approximate surface area is 196 Å². The van der Waals surface area contributed by atoms with E-state index in [9.17, 15) is 19.5 Å². The van der Waals surface area contributed by atoms with E-state index in [2.05, 4.69) is 47.0 Å². The zero-order chi connectivity index (χ0) is 24.6. The maximum absolute atomic E-state index is 13.1. The molecule has 4 rings (SSSR count). The van der Waals surface area contributed by atoms with Crippen LogP contribution >= 0.6 is 0 Å². The quantitative estimate of drug-likeness (QED) is 0.569. The van der Waals surface area contributed by atoms with Crippen LogP contribution in [0.2, 0.25) is 0 Å². The largest absolute Gasteiger partial charge is 0.480 e. The van der Waals surface area contributed by atoms with Gasteiger partial charge in [-0.15, -0.1) is 0 Å². The van der Waals surface area contributed by atoms with Gasteiger partial charge < -0.3 is 14.6 Å². The average molecular weight is 465 g/mol. The summed E-state index contributed by atoms with van der Waals surface area (Å²) in [5.41, 5.74) is 2.19. The molecule has 33 heavy (non-hydrogen) atoms. The summed E-state index contributed by atoms with van der Waals surface area (Å²) in [6.45, 7) is 14.5. The number of carbonyl (C=O) groups is 3. The van der Waals surface area contributed by atoms with Gasteiger partial charge in [0.05, 0.1) is 0 Å². The van der Waals surface area contributed by atoms with Crippen LogP contribution in [0.4, 0.5) is 9.59 Å². The second kappa shape index (κ2) is 7.51. The molecule has 4 bridgehead atoms. The molecule has 0 unspecified atom stereocenters. The minimum Gasteiger partial charge on any atom is -0.480 e. The molecule has 0 heterocycles. The maximum atomic E-state index is 13.1. The van der Waals surface area contributed by atoms with Gasteiger partial charge in [0.2, 0.25) is 0 Å². The zero-order valence-electron chi connectivity index (χ0n) is 21.1. The SMILES string of the molecule is C[C@@H](C(=O)O)N(NC(=O)O[C@@H]1C[C@H]2CC[C@]1(C)C2(C)C)C(=O)O[C@@H]1C[C@H]2CC[C@]1(C)C2(C)C. The first-order chi connectivity index (χ1) is 15.1. The molecule has 4 saturated carbocycles. The van der Waals surface area contributed by atoms with Crippen molar-refractivity contribution >= 4 is 18.2 Å². The van der Waals surface area contributed by atoms with E-state index in [1.54, 1.807) is 0 Å². The molecule has 0 aromatic heterocycles. The number of carboxylic acid groups (broad SMARTS) is 1. The Balaban J connectivity index is 1.44. The maximum Gasteiger partial charge on any atom is 0.429 e. The predicted octanol–water partition coefficient (Wildman–Crippen LogP) is 4.97. The third-order valence-corrected chi connectivity index (χ3v) is 11.1. The van der Waals surface area contributed by atoms with Gasteiger partial charge in [0.1, 0.15) is 12.2 Å². The molecule has 0 radical (unpaired) electrons. The minimum absolute atomic E-state index is 0.0393. The highest BCUT2D eigenvalue weighted by molar-refractivity contribution is 5.81. The second-order valence-electron chi connectivity index (χ2n) is 12.5. The van der Waals surface area contributed by atoms with Crippen molar-refractivity contribution in [1.82, 2.24) is 10.4 Å². The Morgan fingerprint density at radius 1 is 0.879 bits per heavy atom. The lowest BCUT2D eigenvalue weighted by atomic mass is 9.70. The summed E-state index contributed by atoms with van der Waals surface area (Å²) >= 11 is 0. The van der Waals surface area contributed by atoms with Gasteiger partial charge in [-0.25, -0.2) is 24.8 Å². The van der Waals surface area contributed by atoms with Crippen molar-refractivity contribution in [3.63, 3.8) is 0 Å². The summed E-state index contributed by atoms with van der Waals surface area (Å²) < 4.78 is 11.6. The third-order valence-electron chi connectivity index (χ3n) is 11.1. The first-order valence-electron chi connectivity index (χ1n) is 12.3. The van der Waals surface area contributed by atoms with Crippen LogP contribution in [-0.2, 0) is 14.3 Å². The van der Waals surface area contributed by atoms with E-state index in [0.717, 1.165) is 43.5 Å². The number of nitrogens with zero attached hydrogens (tertiary/aromatic N) is 1. The standard InChI is InChI=1S/C25H40N2O6/c1-14(19(28)29)27(21(31)33-18-13-16-9-11-25(18,7)23(16,4)5)26-20(30)32-17-12-15-8-10-24(17,6)22(15,2)3/h14-18H,8-13H2,1-7H3,(H,26,30)(H,28,29)/t14-,15+,16+,17+,18+,24-,25-/m0/s1. The van der Waals surface area contributed by atoms with E-state index in [1.165, 1.54) is 6.92 Å². The van der Waals surface area contributed by atoms with Crippen LogP contribution in [0.3, 0.4) is 0 Å². The highest BCUT2D eigenvalue weighted by Gasteiger charge is 2.64. The van der Waals surface area contributed by atoms with Crippen molar-refractivity contribution in [2.24, 2.45) is 33.5 Å². The molecule has 4 aliphatic carbocycles. The first kappa shape index (κ1) is 24.1. The van der Waals surface area contributed by atoms with Gasteiger partial charge in [-0.1, -0.05) is 41.5 Å². The fourth-order valence-electron chi connectivity index (χ4n) is 7.46. The number of carboxylic acids is 1. The van der Waals surface area contributed by atoms with E-state index >= 15 is 0 Å². The van der Waals surface area contributed by atoms with Gasteiger partial charge in [0.25, 0.3) is 0 Å². The smallest absolute Gasteiger partial charge is 0.429 e. The fourth-order valence-corrected chi connectivity index (χ4v) is 7.46. The molecule has 0 aromatic carbocycles. The van der Waals surface area contributed by atoms with E-state index in [4.69, 9.17) is 9.47 Å². The molecule has 8 nitrogen and oxygen atoms in total. The summed E-state index contributed by atoms with van der Waals surface area (Å²) in [5, 5.41) is 10.3. The van der Waals surface area contributed by atoms with Gasteiger partial charge in [-0.3, -0.25) is 0 Å². The summed E-state index contributed by atoms with van der Waals surface area (Å²) in [7, 11) is 0. The number of ether oxygens (including phenoxy) is 2. The van der Waals surface area contributed by atoms with Crippen molar-refractivity contribution in [2.45, 2.75) is 105 Å². The van der Waals surface area contributed by atoms with Gasteiger partial charge in [-0.2, -0.15) is 0 Å². The molecule has 0 aliphatic heterocycles. The van der Waals surface area contributed by atoms with Crippen LogP contribution in [0.5, 0.6) is 0 Å². The molecule has 2 amide bonds. The molecule has 4 fully saturated rings. The Morgan fingerprint density at radius 3 is 1.70 bits per heavy atom.